The Morgan fingerprint density at radius 3 is 2.62 bits per heavy atom. The molecule has 1 amide bonds. The number of non-ortho nitro benzene ring substituents is 1. The molecule has 1 atom stereocenters. The van der Waals surface area contributed by atoms with Crippen LogP contribution in [0.3, 0.4) is 0 Å². The van der Waals surface area contributed by atoms with E-state index in [-0.39, 0.29) is 16.5 Å². The summed E-state index contributed by atoms with van der Waals surface area (Å²) in [7, 11) is -3.71. The minimum Gasteiger partial charge on any atom is -0.464 e. The highest BCUT2D eigenvalue weighted by molar-refractivity contribution is 7.90. The minimum absolute atomic E-state index is 0.00574. The lowest BCUT2D eigenvalue weighted by Crippen LogP contribution is -2.34. The predicted octanol–water partition coefficient (Wildman–Crippen LogP) is 3.91. The predicted molar refractivity (Wildman–Crippen MR) is 107 cm³/mol. The zero-order valence-corrected chi connectivity index (χ0v) is 17.3. The summed E-state index contributed by atoms with van der Waals surface area (Å²) in [6.07, 6.45) is 5.12. The summed E-state index contributed by atoms with van der Waals surface area (Å²) < 4.78 is 29.8. The standard InChI is InChI=1S/C20H24N2O6S/c1-3-16-8-9-19(28-16)18-7-5-4-6-10-21(18)20(23)14-11-15(22(24)25)13-17(12-14)29(2,26)27/h8-9,11-13,18H,3-7,10H2,1-2H3. The second-order valence-electron chi connectivity index (χ2n) is 7.27. The molecule has 1 unspecified atom stereocenters. The number of amides is 1. The molecule has 1 aliphatic heterocycles. The van der Waals surface area contributed by atoms with Crippen LogP contribution in [-0.2, 0) is 16.3 Å². The van der Waals surface area contributed by atoms with E-state index in [0.29, 0.717) is 12.3 Å². The van der Waals surface area contributed by atoms with Crippen molar-refractivity contribution in [1.82, 2.24) is 4.90 Å². The van der Waals surface area contributed by atoms with Gasteiger partial charge in [0, 0.05) is 36.9 Å². The molecule has 0 saturated carbocycles. The number of carbonyl (C=O) groups is 1. The van der Waals surface area contributed by atoms with E-state index in [0.717, 1.165) is 56.3 Å². The molecule has 1 aromatic carbocycles. The van der Waals surface area contributed by atoms with E-state index in [4.69, 9.17) is 4.42 Å². The van der Waals surface area contributed by atoms with Crippen molar-refractivity contribution < 1.29 is 22.6 Å². The molecule has 1 aromatic heterocycles. The maximum Gasteiger partial charge on any atom is 0.271 e. The third-order valence-electron chi connectivity index (χ3n) is 5.15. The quantitative estimate of drug-likeness (QED) is 0.536. The van der Waals surface area contributed by atoms with Crippen LogP contribution in [-0.4, -0.2) is 36.9 Å². The van der Waals surface area contributed by atoms with Crippen molar-refractivity contribution in [3.8, 4) is 0 Å². The number of aryl methyl sites for hydroxylation is 1. The zero-order valence-electron chi connectivity index (χ0n) is 16.5. The van der Waals surface area contributed by atoms with Gasteiger partial charge in [-0.1, -0.05) is 19.8 Å². The van der Waals surface area contributed by atoms with Crippen molar-refractivity contribution in [3.63, 3.8) is 0 Å². The van der Waals surface area contributed by atoms with Crippen LogP contribution in [0.2, 0.25) is 0 Å². The summed E-state index contributed by atoms with van der Waals surface area (Å²) >= 11 is 0. The first kappa shape index (κ1) is 21.0. The molecule has 0 N–H and O–H groups in total. The number of benzene rings is 1. The fraction of sp³-hybridized carbons (Fsp3) is 0.450. The first-order chi connectivity index (χ1) is 13.7. The molecule has 0 aliphatic carbocycles. The topological polar surface area (TPSA) is 111 Å². The van der Waals surface area contributed by atoms with E-state index in [1.807, 2.05) is 19.1 Å². The highest BCUT2D eigenvalue weighted by atomic mass is 32.2. The zero-order chi connectivity index (χ0) is 21.2. The Kier molecular flexibility index (Phi) is 6.07. The number of hydrogen-bond acceptors (Lipinski definition) is 6. The number of nitro benzene ring substituents is 1. The lowest BCUT2D eigenvalue weighted by molar-refractivity contribution is -0.385. The van der Waals surface area contributed by atoms with Crippen molar-refractivity contribution in [2.24, 2.45) is 0 Å². The summed E-state index contributed by atoms with van der Waals surface area (Å²) in [5.74, 6) is 1.08. The monoisotopic (exact) mass is 420 g/mol. The molecule has 9 heteroatoms. The Morgan fingerprint density at radius 2 is 2.00 bits per heavy atom. The van der Waals surface area contributed by atoms with Crippen LogP contribution in [0.5, 0.6) is 0 Å². The second-order valence-corrected chi connectivity index (χ2v) is 9.28. The third kappa shape index (κ3) is 4.67. The van der Waals surface area contributed by atoms with Gasteiger partial charge in [-0.2, -0.15) is 0 Å². The molecular weight excluding hydrogens is 396 g/mol. The van der Waals surface area contributed by atoms with Crippen LogP contribution in [0, 0.1) is 10.1 Å². The molecule has 3 rings (SSSR count). The molecule has 1 saturated heterocycles. The summed E-state index contributed by atoms with van der Waals surface area (Å²) in [6.45, 7) is 2.46. The summed E-state index contributed by atoms with van der Waals surface area (Å²) in [5.41, 5.74) is -0.428. The van der Waals surface area contributed by atoms with Crippen molar-refractivity contribution in [1.29, 1.82) is 0 Å². The lowest BCUT2D eigenvalue weighted by atomic mass is 10.1. The molecule has 0 radical (unpaired) electrons. The first-order valence-electron chi connectivity index (χ1n) is 9.60. The highest BCUT2D eigenvalue weighted by Gasteiger charge is 2.31. The molecule has 2 aromatic rings. The van der Waals surface area contributed by atoms with Crippen LogP contribution < -0.4 is 0 Å². The Bertz CT molecular complexity index is 1030. The van der Waals surface area contributed by atoms with Gasteiger partial charge in [0.2, 0.25) is 0 Å². The fourth-order valence-electron chi connectivity index (χ4n) is 3.60. The molecule has 0 spiro atoms. The Balaban J connectivity index is 2.03. The molecule has 8 nitrogen and oxygen atoms in total. The molecule has 1 fully saturated rings. The van der Waals surface area contributed by atoms with Crippen LogP contribution in [0.1, 0.15) is 60.5 Å². The molecule has 156 valence electrons. The van der Waals surface area contributed by atoms with Gasteiger partial charge in [0.05, 0.1) is 15.9 Å². The number of hydrogen-bond donors (Lipinski definition) is 0. The number of carbonyl (C=O) groups excluding carboxylic acids is 1. The molecule has 29 heavy (non-hydrogen) atoms. The number of nitro groups is 1. The van der Waals surface area contributed by atoms with Gasteiger partial charge in [-0.05, 0) is 31.0 Å². The van der Waals surface area contributed by atoms with E-state index >= 15 is 0 Å². The normalized spacial score (nSPS) is 17.7. The first-order valence-corrected chi connectivity index (χ1v) is 11.5. The third-order valence-corrected chi connectivity index (χ3v) is 6.24. The van der Waals surface area contributed by atoms with E-state index < -0.39 is 26.4 Å². The van der Waals surface area contributed by atoms with Gasteiger partial charge in [0.15, 0.2) is 9.84 Å². The van der Waals surface area contributed by atoms with Crippen LogP contribution in [0.15, 0.2) is 39.6 Å². The van der Waals surface area contributed by atoms with E-state index in [1.54, 1.807) is 4.90 Å². The maximum atomic E-state index is 13.3. The maximum absolute atomic E-state index is 13.3. The van der Waals surface area contributed by atoms with Gasteiger partial charge in [0.1, 0.15) is 11.5 Å². The minimum atomic E-state index is -3.71. The van der Waals surface area contributed by atoms with Crippen molar-refractivity contribution in [2.45, 2.75) is 50.0 Å². The van der Waals surface area contributed by atoms with Crippen molar-refractivity contribution in [2.75, 3.05) is 12.8 Å². The smallest absolute Gasteiger partial charge is 0.271 e. The summed E-state index contributed by atoms with van der Waals surface area (Å²) in [6, 6.07) is 6.80. The van der Waals surface area contributed by atoms with Gasteiger partial charge in [-0.15, -0.1) is 0 Å². The fourth-order valence-corrected chi connectivity index (χ4v) is 4.28. The SMILES string of the molecule is CCc1ccc(C2CCCCCN2C(=O)c2cc([N+](=O)[O-])cc(S(C)(=O)=O)c2)o1. The summed E-state index contributed by atoms with van der Waals surface area (Å²) in [5, 5.41) is 11.3. The van der Waals surface area contributed by atoms with Crippen molar-refractivity contribution >= 4 is 21.4 Å². The van der Waals surface area contributed by atoms with Gasteiger partial charge in [0.25, 0.3) is 11.6 Å². The Labute approximate surface area is 169 Å². The van der Waals surface area contributed by atoms with Gasteiger partial charge in [-0.3, -0.25) is 14.9 Å². The number of nitrogens with zero attached hydrogens (tertiary/aromatic N) is 2. The largest absolute Gasteiger partial charge is 0.464 e. The van der Waals surface area contributed by atoms with E-state index in [2.05, 4.69) is 0 Å². The average molecular weight is 420 g/mol. The number of sulfone groups is 1. The van der Waals surface area contributed by atoms with Gasteiger partial charge < -0.3 is 9.32 Å². The molecular formula is C20H24N2O6S. The highest BCUT2D eigenvalue weighted by Crippen LogP contribution is 2.33. The molecule has 2 heterocycles. The Hall–Kier alpha value is -2.68. The second kappa shape index (κ2) is 8.36. The Morgan fingerprint density at radius 1 is 1.24 bits per heavy atom. The van der Waals surface area contributed by atoms with E-state index in [9.17, 15) is 23.3 Å². The van der Waals surface area contributed by atoms with Crippen LogP contribution >= 0.6 is 0 Å². The van der Waals surface area contributed by atoms with Crippen LogP contribution in [0.25, 0.3) is 0 Å². The lowest BCUT2D eigenvalue weighted by Gasteiger charge is -2.29. The molecule has 0 bridgehead atoms. The average Bonchev–Trinajstić information content (AvgIpc) is 3.03. The van der Waals surface area contributed by atoms with E-state index in [1.165, 1.54) is 6.07 Å². The number of likely N-dealkylation sites (tertiary alicyclic amines) is 1. The molecule has 1 aliphatic rings. The van der Waals surface area contributed by atoms with Gasteiger partial charge in [-0.25, -0.2) is 8.42 Å². The number of rotatable bonds is 5. The summed E-state index contributed by atoms with van der Waals surface area (Å²) in [4.78, 5) is 25.3. The van der Waals surface area contributed by atoms with Crippen molar-refractivity contribution in [3.05, 3.63) is 57.5 Å². The van der Waals surface area contributed by atoms with Gasteiger partial charge >= 0.3 is 0 Å². The van der Waals surface area contributed by atoms with Crippen LogP contribution in [0.4, 0.5) is 5.69 Å². The number of furan rings is 1.